The first-order valence-corrected chi connectivity index (χ1v) is 4.33. The second-order valence-corrected chi connectivity index (χ2v) is 3.46. The van der Waals surface area contributed by atoms with Crippen LogP contribution >= 0.6 is 0 Å². The third-order valence-electron chi connectivity index (χ3n) is 2.61. The highest BCUT2D eigenvalue weighted by molar-refractivity contribution is 4.86. The van der Waals surface area contributed by atoms with Crippen molar-refractivity contribution in [2.24, 2.45) is 5.92 Å². The smallest absolute Gasteiger partial charge is 0.314 e. The van der Waals surface area contributed by atoms with Gasteiger partial charge in [0, 0.05) is 6.04 Å². The number of hydrogen-bond donors (Lipinski definition) is 1. The SMILES string of the molecule is CNC1CCC(C(F)(F)F)CC1F. The van der Waals surface area contributed by atoms with E-state index in [-0.39, 0.29) is 12.8 Å². The zero-order valence-electron chi connectivity index (χ0n) is 7.37. The molecule has 1 fully saturated rings. The normalized spacial score (nSPS) is 36.2. The molecule has 0 aromatic carbocycles. The third-order valence-corrected chi connectivity index (χ3v) is 2.61. The van der Waals surface area contributed by atoms with Crippen LogP contribution in [0.1, 0.15) is 19.3 Å². The van der Waals surface area contributed by atoms with Gasteiger partial charge in [-0.2, -0.15) is 13.2 Å². The molecule has 0 aromatic rings. The van der Waals surface area contributed by atoms with Gasteiger partial charge in [-0.25, -0.2) is 4.39 Å². The Morgan fingerprint density at radius 2 is 1.85 bits per heavy atom. The van der Waals surface area contributed by atoms with Crippen molar-refractivity contribution in [3.8, 4) is 0 Å². The Kier molecular flexibility index (Phi) is 3.16. The predicted molar refractivity (Wildman–Crippen MR) is 41.1 cm³/mol. The minimum atomic E-state index is -4.23. The number of hydrogen-bond acceptors (Lipinski definition) is 1. The van der Waals surface area contributed by atoms with Gasteiger partial charge in [0.15, 0.2) is 0 Å². The van der Waals surface area contributed by atoms with Crippen molar-refractivity contribution in [3.05, 3.63) is 0 Å². The molecule has 3 unspecified atom stereocenters. The highest BCUT2D eigenvalue weighted by Crippen LogP contribution is 2.38. The molecule has 3 atom stereocenters. The Morgan fingerprint density at radius 1 is 1.23 bits per heavy atom. The summed E-state index contributed by atoms with van der Waals surface area (Å²) >= 11 is 0. The van der Waals surface area contributed by atoms with Crippen molar-refractivity contribution in [1.82, 2.24) is 5.32 Å². The van der Waals surface area contributed by atoms with Crippen molar-refractivity contribution >= 4 is 0 Å². The van der Waals surface area contributed by atoms with E-state index in [0.29, 0.717) is 0 Å². The highest BCUT2D eigenvalue weighted by Gasteiger charge is 2.44. The van der Waals surface area contributed by atoms with E-state index >= 15 is 0 Å². The summed E-state index contributed by atoms with van der Waals surface area (Å²) in [4.78, 5) is 0. The fourth-order valence-corrected chi connectivity index (χ4v) is 1.74. The quantitative estimate of drug-likeness (QED) is 0.639. The summed E-state index contributed by atoms with van der Waals surface area (Å²) < 4.78 is 49.5. The Morgan fingerprint density at radius 3 is 2.23 bits per heavy atom. The van der Waals surface area contributed by atoms with E-state index in [4.69, 9.17) is 0 Å². The first-order valence-electron chi connectivity index (χ1n) is 4.33. The molecule has 5 heteroatoms. The minimum Gasteiger partial charge on any atom is -0.314 e. The summed E-state index contributed by atoms with van der Waals surface area (Å²) in [6, 6.07) is -0.404. The Bertz CT molecular complexity index is 168. The molecule has 1 nitrogen and oxygen atoms in total. The predicted octanol–water partition coefficient (Wildman–Crippen LogP) is 2.27. The third kappa shape index (κ3) is 2.56. The van der Waals surface area contributed by atoms with Crippen LogP contribution in [-0.2, 0) is 0 Å². The molecule has 0 saturated heterocycles. The molecular formula is C8H13F4N. The van der Waals surface area contributed by atoms with Crippen LogP contribution in [0.5, 0.6) is 0 Å². The molecular weight excluding hydrogens is 186 g/mol. The van der Waals surface area contributed by atoms with Gasteiger partial charge >= 0.3 is 6.18 Å². The molecule has 0 heterocycles. The molecule has 0 aliphatic heterocycles. The van der Waals surface area contributed by atoms with Gasteiger partial charge in [-0.15, -0.1) is 0 Å². The van der Waals surface area contributed by atoms with Crippen molar-refractivity contribution in [2.75, 3.05) is 7.05 Å². The van der Waals surface area contributed by atoms with E-state index in [1.807, 2.05) is 0 Å². The molecule has 1 saturated carbocycles. The average molecular weight is 199 g/mol. The molecule has 13 heavy (non-hydrogen) atoms. The maximum absolute atomic E-state index is 13.1. The Hall–Kier alpha value is -0.320. The fraction of sp³-hybridized carbons (Fsp3) is 1.00. The molecule has 0 aromatic heterocycles. The van der Waals surface area contributed by atoms with Crippen LogP contribution in [0.2, 0.25) is 0 Å². The standard InChI is InChI=1S/C8H13F4N/c1-13-7-3-2-5(4-6(7)9)8(10,11)12/h5-7,13H,2-4H2,1H3. The van der Waals surface area contributed by atoms with E-state index < -0.39 is 30.7 Å². The summed E-state index contributed by atoms with van der Waals surface area (Å²) in [7, 11) is 1.57. The van der Waals surface area contributed by atoms with Crippen LogP contribution in [0.15, 0.2) is 0 Å². The summed E-state index contributed by atoms with van der Waals surface area (Å²) in [5.41, 5.74) is 0. The lowest BCUT2D eigenvalue weighted by Crippen LogP contribution is -2.43. The van der Waals surface area contributed by atoms with Crippen LogP contribution in [0.4, 0.5) is 17.6 Å². The maximum Gasteiger partial charge on any atom is 0.391 e. The van der Waals surface area contributed by atoms with Crippen LogP contribution < -0.4 is 5.32 Å². The largest absolute Gasteiger partial charge is 0.391 e. The lowest BCUT2D eigenvalue weighted by atomic mass is 9.84. The molecule has 1 aliphatic carbocycles. The molecule has 1 aliphatic rings. The van der Waals surface area contributed by atoms with Gasteiger partial charge in [-0.1, -0.05) is 0 Å². The van der Waals surface area contributed by atoms with Gasteiger partial charge in [0.2, 0.25) is 0 Å². The first kappa shape index (κ1) is 10.8. The van der Waals surface area contributed by atoms with Crippen LogP contribution in [0.3, 0.4) is 0 Å². The number of alkyl halides is 4. The number of halogens is 4. The molecule has 0 spiro atoms. The Labute approximate surface area is 74.5 Å². The second-order valence-electron chi connectivity index (χ2n) is 3.46. The van der Waals surface area contributed by atoms with Gasteiger partial charge < -0.3 is 5.32 Å². The van der Waals surface area contributed by atoms with Crippen molar-refractivity contribution in [2.45, 2.75) is 37.7 Å². The maximum atomic E-state index is 13.1. The topological polar surface area (TPSA) is 12.0 Å². The zero-order valence-corrected chi connectivity index (χ0v) is 7.37. The molecule has 0 amide bonds. The van der Waals surface area contributed by atoms with Gasteiger partial charge in [-0.3, -0.25) is 0 Å². The molecule has 78 valence electrons. The minimum absolute atomic E-state index is 0.0371. The van der Waals surface area contributed by atoms with Crippen molar-refractivity contribution in [1.29, 1.82) is 0 Å². The summed E-state index contributed by atoms with van der Waals surface area (Å²) in [6.07, 6.45) is -5.69. The zero-order chi connectivity index (χ0) is 10.1. The first-order chi connectivity index (χ1) is 5.95. The van der Waals surface area contributed by atoms with Crippen LogP contribution in [0, 0.1) is 5.92 Å². The van der Waals surface area contributed by atoms with Gasteiger partial charge in [0.1, 0.15) is 6.17 Å². The summed E-state index contributed by atoms with van der Waals surface area (Å²) in [6.45, 7) is 0. The van der Waals surface area contributed by atoms with Crippen molar-refractivity contribution < 1.29 is 17.6 Å². The average Bonchev–Trinajstić information content (AvgIpc) is 2.02. The fourth-order valence-electron chi connectivity index (χ4n) is 1.74. The van der Waals surface area contributed by atoms with Gasteiger partial charge in [0.25, 0.3) is 0 Å². The van der Waals surface area contributed by atoms with E-state index in [2.05, 4.69) is 5.32 Å². The van der Waals surface area contributed by atoms with Gasteiger partial charge in [0.05, 0.1) is 5.92 Å². The molecule has 0 bridgehead atoms. The second kappa shape index (κ2) is 3.82. The van der Waals surface area contributed by atoms with E-state index in [9.17, 15) is 17.6 Å². The lowest BCUT2D eigenvalue weighted by Gasteiger charge is -2.32. The highest BCUT2D eigenvalue weighted by atomic mass is 19.4. The van der Waals surface area contributed by atoms with E-state index in [1.54, 1.807) is 7.05 Å². The molecule has 1 N–H and O–H groups in total. The summed E-state index contributed by atoms with van der Waals surface area (Å²) in [5.74, 6) is -1.45. The Balaban J connectivity index is 2.51. The molecule has 0 radical (unpaired) electrons. The van der Waals surface area contributed by atoms with Crippen molar-refractivity contribution in [3.63, 3.8) is 0 Å². The van der Waals surface area contributed by atoms with Crippen LogP contribution in [0.25, 0.3) is 0 Å². The van der Waals surface area contributed by atoms with Crippen LogP contribution in [-0.4, -0.2) is 25.4 Å². The van der Waals surface area contributed by atoms with E-state index in [1.165, 1.54) is 0 Å². The number of nitrogens with one attached hydrogen (secondary N) is 1. The van der Waals surface area contributed by atoms with E-state index in [0.717, 1.165) is 0 Å². The molecule has 1 rings (SSSR count). The van der Waals surface area contributed by atoms with Gasteiger partial charge in [-0.05, 0) is 26.3 Å². The number of rotatable bonds is 1. The monoisotopic (exact) mass is 199 g/mol. The summed E-state index contributed by atoms with van der Waals surface area (Å²) in [5, 5.41) is 2.68. The lowest BCUT2D eigenvalue weighted by molar-refractivity contribution is -0.187.